The number of aliphatic imine (C=N–C) groups is 1. The molecule has 1 aliphatic carbocycles. The van der Waals surface area contributed by atoms with Gasteiger partial charge in [0.1, 0.15) is 0 Å². The zero-order valence-electron chi connectivity index (χ0n) is 18.0. The average Bonchev–Trinajstić information content (AvgIpc) is 2.79. The summed E-state index contributed by atoms with van der Waals surface area (Å²) in [6.07, 6.45) is 10.2. The summed E-state index contributed by atoms with van der Waals surface area (Å²) in [6.45, 7) is 3.19. The average molecular weight is 400 g/mol. The lowest BCUT2D eigenvalue weighted by Gasteiger charge is -2.39. The van der Waals surface area contributed by atoms with E-state index in [2.05, 4.69) is 31.9 Å². The van der Waals surface area contributed by atoms with Crippen molar-refractivity contribution in [2.45, 2.75) is 63.5 Å². The molecule has 0 radical (unpaired) electrons. The second-order valence-electron chi connectivity index (χ2n) is 8.27. The number of piperidine rings is 1. The first-order chi connectivity index (χ1) is 14.2. The summed E-state index contributed by atoms with van der Waals surface area (Å²) in [4.78, 5) is 18.9. The van der Waals surface area contributed by atoms with Gasteiger partial charge < -0.3 is 20.9 Å². The van der Waals surface area contributed by atoms with Crippen LogP contribution in [-0.2, 0) is 6.42 Å². The minimum absolute atomic E-state index is 0.0446. The van der Waals surface area contributed by atoms with E-state index in [1.807, 2.05) is 25.2 Å². The minimum Gasteiger partial charge on any atom is -0.356 e. The van der Waals surface area contributed by atoms with Crippen molar-refractivity contribution in [1.82, 2.24) is 20.9 Å². The van der Waals surface area contributed by atoms with E-state index < -0.39 is 0 Å². The van der Waals surface area contributed by atoms with Crippen LogP contribution in [-0.4, -0.2) is 62.6 Å². The Hall–Kier alpha value is -2.08. The molecule has 1 aromatic carbocycles. The van der Waals surface area contributed by atoms with Crippen LogP contribution in [0, 0.1) is 0 Å². The van der Waals surface area contributed by atoms with Crippen molar-refractivity contribution in [3.8, 4) is 0 Å². The van der Waals surface area contributed by atoms with Crippen LogP contribution < -0.4 is 16.0 Å². The summed E-state index contributed by atoms with van der Waals surface area (Å²) in [6, 6.07) is 9.12. The van der Waals surface area contributed by atoms with Crippen molar-refractivity contribution in [1.29, 1.82) is 0 Å². The predicted molar refractivity (Wildman–Crippen MR) is 120 cm³/mol. The highest BCUT2D eigenvalue weighted by molar-refractivity contribution is 5.94. The lowest BCUT2D eigenvalue weighted by atomic mass is 9.92. The number of hydrogen-bond acceptors (Lipinski definition) is 3. The van der Waals surface area contributed by atoms with Crippen molar-refractivity contribution in [2.24, 2.45) is 4.99 Å². The molecule has 6 heteroatoms. The van der Waals surface area contributed by atoms with Crippen LogP contribution in [0.3, 0.4) is 0 Å². The first-order valence-electron chi connectivity index (χ1n) is 11.2. The molecule has 2 fully saturated rings. The maximum atomic E-state index is 11.8. The fourth-order valence-electron chi connectivity index (χ4n) is 4.58. The third-order valence-corrected chi connectivity index (χ3v) is 6.31. The van der Waals surface area contributed by atoms with Gasteiger partial charge in [-0.05, 0) is 49.8 Å². The summed E-state index contributed by atoms with van der Waals surface area (Å²) in [5.74, 6) is 0.834. The highest BCUT2D eigenvalue weighted by atomic mass is 16.1. The monoisotopic (exact) mass is 399 g/mol. The predicted octanol–water partition coefficient (Wildman–Crippen LogP) is 2.55. The smallest absolute Gasteiger partial charge is 0.251 e. The second-order valence-corrected chi connectivity index (χ2v) is 8.27. The van der Waals surface area contributed by atoms with Gasteiger partial charge in [0.25, 0.3) is 5.91 Å². The molecule has 3 rings (SSSR count). The standard InChI is InChI=1S/C23H37N5O/c1-24-22(29)19-8-6-7-18(17-19)11-14-26-23(25-2)27-20-12-15-28(16-13-20)21-9-4-3-5-10-21/h6-8,17,20-21H,3-5,9-16H2,1-2H3,(H,24,29)(H2,25,26,27). The van der Waals surface area contributed by atoms with Crippen LogP contribution >= 0.6 is 0 Å². The van der Waals surface area contributed by atoms with Crippen LogP contribution in [0.15, 0.2) is 29.3 Å². The van der Waals surface area contributed by atoms with Gasteiger partial charge in [-0.25, -0.2) is 0 Å². The minimum atomic E-state index is -0.0446. The Morgan fingerprint density at radius 2 is 1.90 bits per heavy atom. The van der Waals surface area contributed by atoms with E-state index in [0.717, 1.165) is 30.5 Å². The van der Waals surface area contributed by atoms with Crippen molar-refractivity contribution < 1.29 is 4.79 Å². The van der Waals surface area contributed by atoms with Gasteiger partial charge in [-0.2, -0.15) is 0 Å². The van der Waals surface area contributed by atoms with Gasteiger partial charge >= 0.3 is 0 Å². The number of amides is 1. The molecule has 1 aromatic rings. The highest BCUT2D eigenvalue weighted by Gasteiger charge is 2.26. The van der Waals surface area contributed by atoms with Crippen molar-refractivity contribution >= 4 is 11.9 Å². The molecule has 29 heavy (non-hydrogen) atoms. The number of carbonyl (C=O) groups is 1. The maximum absolute atomic E-state index is 11.8. The summed E-state index contributed by atoms with van der Waals surface area (Å²) >= 11 is 0. The van der Waals surface area contributed by atoms with Crippen LogP contribution in [0.2, 0.25) is 0 Å². The Morgan fingerprint density at radius 1 is 1.14 bits per heavy atom. The molecule has 6 nitrogen and oxygen atoms in total. The zero-order chi connectivity index (χ0) is 20.5. The number of hydrogen-bond donors (Lipinski definition) is 3. The molecule has 1 aliphatic heterocycles. The van der Waals surface area contributed by atoms with Crippen molar-refractivity contribution in [3.63, 3.8) is 0 Å². The third-order valence-electron chi connectivity index (χ3n) is 6.31. The van der Waals surface area contributed by atoms with Crippen LogP contribution in [0.5, 0.6) is 0 Å². The molecule has 0 atom stereocenters. The molecule has 1 heterocycles. The van der Waals surface area contributed by atoms with Gasteiger partial charge in [0.2, 0.25) is 0 Å². The maximum Gasteiger partial charge on any atom is 0.251 e. The van der Waals surface area contributed by atoms with E-state index in [4.69, 9.17) is 0 Å². The van der Waals surface area contributed by atoms with E-state index in [1.54, 1.807) is 7.05 Å². The van der Waals surface area contributed by atoms with Gasteiger partial charge in [-0.3, -0.25) is 9.79 Å². The van der Waals surface area contributed by atoms with Gasteiger partial charge in [-0.15, -0.1) is 0 Å². The summed E-state index contributed by atoms with van der Waals surface area (Å²) in [5.41, 5.74) is 1.85. The SMILES string of the molecule is CN=C(NCCc1cccc(C(=O)NC)c1)NC1CCN(C2CCCCC2)CC1. The number of nitrogens with zero attached hydrogens (tertiary/aromatic N) is 2. The first-order valence-corrected chi connectivity index (χ1v) is 11.2. The zero-order valence-corrected chi connectivity index (χ0v) is 18.0. The fourth-order valence-corrected chi connectivity index (χ4v) is 4.58. The molecule has 1 saturated carbocycles. The summed E-state index contributed by atoms with van der Waals surface area (Å²) in [5, 5.41) is 9.70. The van der Waals surface area contributed by atoms with Crippen molar-refractivity contribution in [2.75, 3.05) is 33.7 Å². The van der Waals surface area contributed by atoms with Gasteiger partial charge in [0.15, 0.2) is 5.96 Å². The molecule has 0 unspecified atom stereocenters. The molecule has 0 spiro atoms. The molecule has 160 valence electrons. The molecule has 1 amide bonds. The quantitative estimate of drug-likeness (QED) is 0.508. The molecule has 0 bridgehead atoms. The number of guanidine groups is 1. The van der Waals surface area contributed by atoms with E-state index in [9.17, 15) is 4.79 Å². The van der Waals surface area contributed by atoms with Crippen LogP contribution in [0.1, 0.15) is 60.9 Å². The number of benzene rings is 1. The van der Waals surface area contributed by atoms with E-state index in [0.29, 0.717) is 11.6 Å². The lowest BCUT2D eigenvalue weighted by Crippen LogP contribution is -2.51. The Bertz CT molecular complexity index is 676. The Balaban J connectivity index is 1.39. The van der Waals surface area contributed by atoms with Crippen LogP contribution in [0.4, 0.5) is 0 Å². The Morgan fingerprint density at radius 3 is 2.59 bits per heavy atom. The fraction of sp³-hybridized carbons (Fsp3) is 0.652. The second kappa shape index (κ2) is 11.2. The lowest BCUT2D eigenvalue weighted by molar-refractivity contribution is 0.0963. The number of likely N-dealkylation sites (tertiary alicyclic amines) is 1. The number of carbonyl (C=O) groups excluding carboxylic acids is 1. The summed E-state index contributed by atoms with van der Waals surface area (Å²) in [7, 11) is 3.49. The Labute approximate surface area is 175 Å². The summed E-state index contributed by atoms with van der Waals surface area (Å²) < 4.78 is 0. The third kappa shape index (κ3) is 6.46. The first kappa shape index (κ1) is 21.6. The molecule has 2 aliphatic rings. The van der Waals surface area contributed by atoms with E-state index in [1.165, 1.54) is 58.0 Å². The molecule has 0 aromatic heterocycles. The van der Waals surface area contributed by atoms with Crippen molar-refractivity contribution in [3.05, 3.63) is 35.4 Å². The van der Waals surface area contributed by atoms with Gasteiger partial charge in [-0.1, -0.05) is 31.4 Å². The number of rotatable bonds is 6. The van der Waals surface area contributed by atoms with Crippen LogP contribution in [0.25, 0.3) is 0 Å². The van der Waals surface area contributed by atoms with E-state index >= 15 is 0 Å². The molecule has 3 N–H and O–H groups in total. The molecular weight excluding hydrogens is 362 g/mol. The normalized spacial score (nSPS) is 19.7. The Kier molecular flexibility index (Phi) is 8.35. The highest BCUT2D eigenvalue weighted by Crippen LogP contribution is 2.25. The topological polar surface area (TPSA) is 68.8 Å². The number of nitrogens with one attached hydrogen (secondary N) is 3. The van der Waals surface area contributed by atoms with Gasteiger partial charge in [0.05, 0.1) is 0 Å². The van der Waals surface area contributed by atoms with Gasteiger partial charge in [0, 0.05) is 51.4 Å². The molecule has 1 saturated heterocycles. The molecular formula is C23H37N5O. The van der Waals surface area contributed by atoms with E-state index in [-0.39, 0.29) is 5.91 Å². The largest absolute Gasteiger partial charge is 0.356 e.